The van der Waals surface area contributed by atoms with Gasteiger partial charge in [-0.1, -0.05) is 57.9 Å². The van der Waals surface area contributed by atoms with Crippen molar-refractivity contribution in [2.24, 2.45) is 5.92 Å². The molecule has 1 rings (SSSR count). The van der Waals surface area contributed by atoms with Gasteiger partial charge in [0, 0.05) is 6.04 Å². The molecular formula is C15H29N3S. The quantitative estimate of drug-likeness (QED) is 0.723. The Morgan fingerprint density at radius 3 is 2.53 bits per heavy atom. The molecule has 0 saturated carbocycles. The number of hydrogen-bond donors (Lipinski definition) is 1. The van der Waals surface area contributed by atoms with Gasteiger partial charge < -0.3 is 5.32 Å². The first-order valence-corrected chi connectivity index (χ1v) is 8.40. The zero-order chi connectivity index (χ0) is 14.3. The molecule has 0 fully saturated rings. The normalized spacial score (nSPS) is 14.8. The molecule has 19 heavy (non-hydrogen) atoms. The molecule has 0 amide bonds. The summed E-state index contributed by atoms with van der Waals surface area (Å²) in [7, 11) is 2.06. The molecule has 1 heterocycles. The van der Waals surface area contributed by atoms with Gasteiger partial charge in [0.25, 0.3) is 0 Å². The fourth-order valence-electron chi connectivity index (χ4n) is 2.52. The predicted octanol–water partition coefficient (Wildman–Crippen LogP) is 4.53. The average Bonchev–Trinajstić information content (AvgIpc) is 2.88. The minimum Gasteiger partial charge on any atom is -0.312 e. The van der Waals surface area contributed by atoms with Gasteiger partial charge in [0.05, 0.1) is 10.6 Å². The van der Waals surface area contributed by atoms with Crippen LogP contribution >= 0.6 is 11.5 Å². The molecule has 1 aromatic heterocycles. The molecular weight excluding hydrogens is 254 g/mol. The van der Waals surface area contributed by atoms with Crippen molar-refractivity contribution >= 4 is 11.5 Å². The van der Waals surface area contributed by atoms with E-state index in [0.717, 1.165) is 5.92 Å². The van der Waals surface area contributed by atoms with Crippen LogP contribution in [0.25, 0.3) is 0 Å². The molecule has 0 aliphatic heterocycles. The van der Waals surface area contributed by atoms with E-state index in [0.29, 0.717) is 12.0 Å². The highest BCUT2D eigenvalue weighted by Crippen LogP contribution is 2.32. The van der Waals surface area contributed by atoms with Gasteiger partial charge in [-0.25, -0.2) is 0 Å². The lowest BCUT2D eigenvalue weighted by Crippen LogP contribution is -2.20. The molecule has 4 heteroatoms. The van der Waals surface area contributed by atoms with Crippen molar-refractivity contribution in [2.45, 2.75) is 71.8 Å². The van der Waals surface area contributed by atoms with E-state index in [1.807, 2.05) is 0 Å². The Labute approximate surface area is 122 Å². The minimum absolute atomic E-state index is 0.416. The van der Waals surface area contributed by atoms with Crippen molar-refractivity contribution in [3.8, 4) is 0 Å². The zero-order valence-electron chi connectivity index (χ0n) is 13.1. The SMILES string of the molecule is CCCCC(CC)CC(NC)c1snnc1C(C)C. The summed E-state index contributed by atoms with van der Waals surface area (Å²) in [5.74, 6) is 1.26. The van der Waals surface area contributed by atoms with Crippen molar-refractivity contribution in [1.29, 1.82) is 0 Å². The van der Waals surface area contributed by atoms with Gasteiger partial charge in [0.2, 0.25) is 0 Å². The smallest absolute Gasteiger partial charge is 0.0829 e. The highest BCUT2D eigenvalue weighted by molar-refractivity contribution is 7.05. The summed E-state index contributed by atoms with van der Waals surface area (Å²) in [4.78, 5) is 1.34. The topological polar surface area (TPSA) is 37.8 Å². The largest absolute Gasteiger partial charge is 0.312 e. The summed E-state index contributed by atoms with van der Waals surface area (Å²) >= 11 is 1.56. The second kappa shape index (κ2) is 8.64. The Bertz CT molecular complexity index is 349. The number of unbranched alkanes of at least 4 members (excludes halogenated alkanes) is 1. The molecule has 110 valence electrons. The maximum absolute atomic E-state index is 4.31. The van der Waals surface area contributed by atoms with E-state index >= 15 is 0 Å². The van der Waals surface area contributed by atoms with Crippen LogP contribution in [-0.4, -0.2) is 16.6 Å². The molecule has 0 spiro atoms. The van der Waals surface area contributed by atoms with Gasteiger partial charge in [0.1, 0.15) is 0 Å². The van der Waals surface area contributed by atoms with E-state index in [-0.39, 0.29) is 0 Å². The Hall–Kier alpha value is -0.480. The van der Waals surface area contributed by atoms with Crippen LogP contribution < -0.4 is 5.32 Å². The highest BCUT2D eigenvalue weighted by Gasteiger charge is 2.22. The Kier molecular flexibility index (Phi) is 7.54. The van der Waals surface area contributed by atoms with Gasteiger partial charge in [-0.2, -0.15) is 0 Å². The maximum Gasteiger partial charge on any atom is 0.0829 e. The first-order valence-electron chi connectivity index (χ1n) is 7.63. The lowest BCUT2D eigenvalue weighted by molar-refractivity contribution is 0.366. The van der Waals surface area contributed by atoms with E-state index in [2.05, 4.69) is 49.6 Å². The van der Waals surface area contributed by atoms with Crippen LogP contribution in [0.4, 0.5) is 0 Å². The fraction of sp³-hybridized carbons (Fsp3) is 0.867. The summed E-state index contributed by atoms with van der Waals surface area (Å²) < 4.78 is 4.16. The predicted molar refractivity (Wildman–Crippen MR) is 83.7 cm³/mol. The van der Waals surface area contributed by atoms with E-state index in [1.54, 1.807) is 11.5 Å². The number of nitrogens with one attached hydrogen (secondary N) is 1. The maximum atomic E-state index is 4.31. The van der Waals surface area contributed by atoms with Gasteiger partial charge in [-0.15, -0.1) is 5.10 Å². The third kappa shape index (κ3) is 4.84. The molecule has 1 aromatic rings. The van der Waals surface area contributed by atoms with Crippen LogP contribution in [0.15, 0.2) is 0 Å². The van der Waals surface area contributed by atoms with Crippen molar-refractivity contribution in [3.63, 3.8) is 0 Å². The minimum atomic E-state index is 0.416. The van der Waals surface area contributed by atoms with Crippen molar-refractivity contribution in [3.05, 3.63) is 10.6 Å². The molecule has 2 atom stereocenters. The third-order valence-electron chi connectivity index (χ3n) is 3.86. The number of aromatic nitrogens is 2. The van der Waals surface area contributed by atoms with Crippen molar-refractivity contribution < 1.29 is 0 Å². The lowest BCUT2D eigenvalue weighted by atomic mass is 9.90. The molecule has 0 saturated heterocycles. The Balaban J connectivity index is 2.73. The summed E-state index contributed by atoms with van der Waals surface area (Å²) in [6, 6.07) is 0.416. The average molecular weight is 283 g/mol. The van der Waals surface area contributed by atoms with Crippen LogP contribution in [0.3, 0.4) is 0 Å². The standard InChI is InChI=1S/C15H29N3S/c1-6-8-9-12(7-2)10-13(16-5)15-14(11(3)4)17-18-19-15/h11-13,16H,6-10H2,1-5H3. The number of nitrogens with zero attached hydrogens (tertiary/aromatic N) is 2. The van der Waals surface area contributed by atoms with Crippen LogP contribution in [0.5, 0.6) is 0 Å². The number of rotatable bonds is 9. The summed E-state index contributed by atoms with van der Waals surface area (Å²) in [6.07, 6.45) is 6.44. The summed E-state index contributed by atoms with van der Waals surface area (Å²) in [5.41, 5.74) is 1.18. The third-order valence-corrected chi connectivity index (χ3v) is 4.72. The molecule has 1 N–H and O–H groups in total. The first kappa shape index (κ1) is 16.6. The van der Waals surface area contributed by atoms with E-state index < -0.39 is 0 Å². The van der Waals surface area contributed by atoms with Gasteiger partial charge >= 0.3 is 0 Å². The van der Waals surface area contributed by atoms with Crippen LogP contribution in [0, 0.1) is 5.92 Å². The molecule has 0 aromatic carbocycles. The van der Waals surface area contributed by atoms with Gasteiger partial charge in [0.15, 0.2) is 0 Å². The molecule has 0 bridgehead atoms. The van der Waals surface area contributed by atoms with Gasteiger partial charge in [-0.3, -0.25) is 0 Å². The fourth-order valence-corrected chi connectivity index (χ4v) is 3.45. The summed E-state index contributed by atoms with van der Waals surface area (Å²) in [5, 5.41) is 7.78. The lowest BCUT2D eigenvalue weighted by Gasteiger charge is -2.22. The zero-order valence-corrected chi connectivity index (χ0v) is 13.9. The number of hydrogen-bond acceptors (Lipinski definition) is 4. The molecule has 3 nitrogen and oxygen atoms in total. The molecule has 0 aliphatic carbocycles. The molecule has 0 aliphatic rings. The second-order valence-corrected chi connectivity index (χ2v) is 6.46. The van der Waals surface area contributed by atoms with Gasteiger partial charge in [-0.05, 0) is 36.8 Å². The van der Waals surface area contributed by atoms with Crippen LogP contribution in [0.1, 0.15) is 82.3 Å². The van der Waals surface area contributed by atoms with E-state index in [4.69, 9.17) is 0 Å². The monoisotopic (exact) mass is 283 g/mol. The second-order valence-electron chi connectivity index (χ2n) is 5.67. The first-order chi connectivity index (χ1) is 9.13. The molecule has 2 unspecified atom stereocenters. The Morgan fingerprint density at radius 1 is 1.26 bits per heavy atom. The van der Waals surface area contributed by atoms with Crippen molar-refractivity contribution in [2.75, 3.05) is 7.05 Å². The Morgan fingerprint density at radius 2 is 2.00 bits per heavy atom. The van der Waals surface area contributed by atoms with E-state index in [1.165, 1.54) is 42.7 Å². The summed E-state index contributed by atoms with van der Waals surface area (Å²) in [6.45, 7) is 8.97. The van der Waals surface area contributed by atoms with Crippen LogP contribution in [0.2, 0.25) is 0 Å². The molecule has 0 radical (unpaired) electrons. The van der Waals surface area contributed by atoms with E-state index in [9.17, 15) is 0 Å². The van der Waals surface area contributed by atoms with Crippen LogP contribution in [-0.2, 0) is 0 Å². The highest BCUT2D eigenvalue weighted by atomic mass is 32.1. The van der Waals surface area contributed by atoms with Crippen molar-refractivity contribution in [1.82, 2.24) is 14.9 Å².